The second-order valence-electron chi connectivity index (χ2n) is 3.50. The molecule has 6 heteroatoms. The number of ether oxygens (including phenoxy) is 2. The highest BCUT2D eigenvalue weighted by Gasteiger charge is 2.23. The predicted octanol–water partition coefficient (Wildman–Crippen LogP) is 1.27. The fourth-order valence-corrected chi connectivity index (χ4v) is 1.33. The molecule has 18 heavy (non-hydrogen) atoms. The number of carbonyl (C=O) groups excluding carboxylic acids is 2. The average molecular weight is 255 g/mol. The van der Waals surface area contributed by atoms with Crippen LogP contribution in [0.5, 0.6) is 0 Å². The zero-order valence-corrected chi connectivity index (χ0v) is 10.1. The van der Waals surface area contributed by atoms with Crippen molar-refractivity contribution in [1.82, 2.24) is 5.32 Å². The smallest absolute Gasteiger partial charge is 0.407 e. The Hall–Kier alpha value is -2.11. The summed E-state index contributed by atoms with van der Waals surface area (Å²) < 4.78 is 22.1. The first-order chi connectivity index (χ1) is 8.56. The van der Waals surface area contributed by atoms with E-state index < -0.39 is 18.2 Å². The number of hydrogen-bond donors (Lipinski definition) is 1. The van der Waals surface area contributed by atoms with E-state index in [1.807, 2.05) is 0 Å². The summed E-state index contributed by atoms with van der Waals surface area (Å²) in [6.07, 6.45) is -1.66. The first kappa shape index (κ1) is 14.0. The van der Waals surface area contributed by atoms with Crippen LogP contribution < -0.4 is 5.32 Å². The van der Waals surface area contributed by atoms with Gasteiger partial charge in [-0.3, -0.25) is 0 Å². The topological polar surface area (TPSA) is 64.6 Å². The first-order valence-corrected chi connectivity index (χ1v) is 5.27. The lowest BCUT2D eigenvalue weighted by Crippen LogP contribution is -2.34. The van der Waals surface area contributed by atoms with Crippen LogP contribution in [0.3, 0.4) is 0 Å². The van der Waals surface area contributed by atoms with Crippen molar-refractivity contribution >= 4 is 12.1 Å². The van der Waals surface area contributed by atoms with Crippen molar-refractivity contribution in [2.75, 3.05) is 14.2 Å². The number of nitrogens with one attached hydrogen (secondary N) is 1. The van der Waals surface area contributed by atoms with E-state index in [4.69, 9.17) is 4.74 Å². The summed E-state index contributed by atoms with van der Waals surface area (Å²) in [5, 5.41) is 2.24. The van der Waals surface area contributed by atoms with Gasteiger partial charge in [-0.1, -0.05) is 12.1 Å². The zero-order valence-electron chi connectivity index (χ0n) is 10.1. The molecule has 1 atom stereocenters. The third-order valence-corrected chi connectivity index (χ3v) is 2.25. The second-order valence-corrected chi connectivity index (χ2v) is 3.50. The first-order valence-electron chi connectivity index (χ1n) is 5.27. The molecule has 0 fully saturated rings. The van der Waals surface area contributed by atoms with E-state index >= 15 is 0 Å². The van der Waals surface area contributed by atoms with Crippen LogP contribution in [0, 0.1) is 5.82 Å². The van der Waals surface area contributed by atoms with E-state index in [1.165, 1.54) is 38.4 Å². The Labute approximate surface area is 104 Å². The van der Waals surface area contributed by atoms with E-state index in [9.17, 15) is 14.0 Å². The third kappa shape index (κ3) is 4.04. The van der Waals surface area contributed by atoms with Gasteiger partial charge in [0.05, 0.1) is 7.11 Å². The number of benzene rings is 1. The van der Waals surface area contributed by atoms with Crippen LogP contribution in [0.15, 0.2) is 24.3 Å². The molecule has 1 aromatic carbocycles. The molecule has 1 amide bonds. The van der Waals surface area contributed by atoms with Gasteiger partial charge in [0.15, 0.2) is 0 Å². The molecule has 5 nitrogen and oxygen atoms in total. The van der Waals surface area contributed by atoms with Crippen LogP contribution in [0.25, 0.3) is 0 Å². The van der Waals surface area contributed by atoms with Crippen LogP contribution in [0.1, 0.15) is 5.56 Å². The maximum Gasteiger partial charge on any atom is 0.407 e. The molecule has 1 N–H and O–H groups in total. The molecule has 0 saturated carbocycles. The summed E-state index contributed by atoms with van der Waals surface area (Å²) >= 11 is 0. The lowest BCUT2D eigenvalue weighted by atomic mass is 10.1. The minimum Gasteiger partial charge on any atom is -0.466 e. The SMILES string of the molecule is CNC(=O)OC(Cc1ccc(F)cc1)C(=O)OC. The molecule has 0 spiro atoms. The number of hydrogen-bond acceptors (Lipinski definition) is 4. The summed E-state index contributed by atoms with van der Waals surface area (Å²) in [6.45, 7) is 0. The van der Waals surface area contributed by atoms with Crippen molar-refractivity contribution < 1.29 is 23.5 Å². The van der Waals surface area contributed by atoms with Crippen LogP contribution >= 0.6 is 0 Å². The van der Waals surface area contributed by atoms with E-state index in [1.54, 1.807) is 0 Å². The van der Waals surface area contributed by atoms with Crippen molar-refractivity contribution in [2.45, 2.75) is 12.5 Å². The monoisotopic (exact) mass is 255 g/mol. The lowest BCUT2D eigenvalue weighted by molar-refractivity contribution is -0.150. The van der Waals surface area contributed by atoms with Crippen LogP contribution in [0.4, 0.5) is 9.18 Å². The standard InChI is InChI=1S/C12H14FNO4/c1-14-12(16)18-10(11(15)17-2)7-8-3-5-9(13)6-4-8/h3-6,10H,7H2,1-2H3,(H,14,16). The van der Waals surface area contributed by atoms with Gasteiger partial charge in [-0.2, -0.15) is 0 Å². The van der Waals surface area contributed by atoms with Gasteiger partial charge in [-0.15, -0.1) is 0 Å². The zero-order chi connectivity index (χ0) is 13.5. The number of rotatable bonds is 4. The maximum atomic E-state index is 12.7. The summed E-state index contributed by atoms with van der Waals surface area (Å²) in [5.74, 6) is -1.04. The van der Waals surface area contributed by atoms with E-state index in [-0.39, 0.29) is 12.2 Å². The van der Waals surface area contributed by atoms with Crippen molar-refractivity contribution in [3.63, 3.8) is 0 Å². The van der Waals surface area contributed by atoms with Gasteiger partial charge < -0.3 is 14.8 Å². The number of carbonyl (C=O) groups is 2. The van der Waals surface area contributed by atoms with Gasteiger partial charge in [0.2, 0.25) is 6.10 Å². The second kappa shape index (κ2) is 6.58. The van der Waals surface area contributed by atoms with Crippen LogP contribution in [-0.2, 0) is 20.7 Å². The number of esters is 1. The Balaban J connectivity index is 2.74. The fourth-order valence-electron chi connectivity index (χ4n) is 1.33. The molecule has 0 aliphatic heterocycles. The fraction of sp³-hybridized carbons (Fsp3) is 0.333. The molecular formula is C12H14FNO4. The number of alkyl carbamates (subject to hydrolysis) is 1. The normalized spacial score (nSPS) is 11.5. The Morgan fingerprint density at radius 1 is 1.33 bits per heavy atom. The summed E-state index contributed by atoms with van der Waals surface area (Å²) in [7, 11) is 2.59. The van der Waals surface area contributed by atoms with Gasteiger partial charge >= 0.3 is 12.1 Å². The number of methoxy groups -OCH3 is 1. The van der Waals surface area contributed by atoms with Crippen LogP contribution in [-0.4, -0.2) is 32.3 Å². The maximum absolute atomic E-state index is 12.7. The lowest BCUT2D eigenvalue weighted by Gasteiger charge is -2.15. The molecule has 0 heterocycles. The van der Waals surface area contributed by atoms with Gasteiger partial charge in [0.25, 0.3) is 0 Å². The summed E-state index contributed by atoms with van der Waals surface area (Å²) in [5.41, 5.74) is 0.663. The molecule has 98 valence electrons. The Bertz CT molecular complexity index is 419. The summed E-state index contributed by atoms with van der Waals surface area (Å²) in [6, 6.07) is 5.56. The number of amides is 1. The molecule has 0 bridgehead atoms. The van der Waals surface area contributed by atoms with Crippen molar-refractivity contribution in [3.05, 3.63) is 35.6 Å². The van der Waals surface area contributed by atoms with Crippen molar-refractivity contribution in [2.24, 2.45) is 0 Å². The van der Waals surface area contributed by atoms with E-state index in [0.29, 0.717) is 5.56 Å². The van der Waals surface area contributed by atoms with Crippen molar-refractivity contribution in [1.29, 1.82) is 0 Å². The Morgan fingerprint density at radius 2 is 1.94 bits per heavy atom. The molecule has 0 radical (unpaired) electrons. The van der Waals surface area contributed by atoms with E-state index in [2.05, 4.69) is 10.1 Å². The van der Waals surface area contributed by atoms with Crippen LogP contribution in [0.2, 0.25) is 0 Å². The third-order valence-electron chi connectivity index (χ3n) is 2.25. The minimum absolute atomic E-state index is 0.125. The van der Waals surface area contributed by atoms with Crippen molar-refractivity contribution in [3.8, 4) is 0 Å². The Morgan fingerprint density at radius 3 is 2.44 bits per heavy atom. The molecular weight excluding hydrogens is 241 g/mol. The minimum atomic E-state index is -1.06. The largest absolute Gasteiger partial charge is 0.466 e. The van der Waals surface area contributed by atoms with Gasteiger partial charge in [-0.25, -0.2) is 14.0 Å². The highest BCUT2D eigenvalue weighted by Crippen LogP contribution is 2.09. The molecule has 0 saturated heterocycles. The van der Waals surface area contributed by atoms with Gasteiger partial charge in [0.1, 0.15) is 5.82 Å². The van der Waals surface area contributed by atoms with E-state index in [0.717, 1.165) is 0 Å². The molecule has 1 aromatic rings. The molecule has 0 aromatic heterocycles. The highest BCUT2D eigenvalue weighted by atomic mass is 19.1. The quantitative estimate of drug-likeness (QED) is 0.823. The summed E-state index contributed by atoms with van der Waals surface area (Å²) in [4.78, 5) is 22.5. The average Bonchev–Trinajstić information content (AvgIpc) is 2.39. The highest BCUT2D eigenvalue weighted by molar-refractivity contribution is 5.78. The Kier molecular flexibility index (Phi) is 5.10. The van der Waals surface area contributed by atoms with Gasteiger partial charge in [0, 0.05) is 13.5 Å². The predicted molar refractivity (Wildman–Crippen MR) is 61.4 cm³/mol. The molecule has 0 aliphatic rings. The molecule has 0 aliphatic carbocycles. The molecule has 1 rings (SSSR count). The van der Waals surface area contributed by atoms with Gasteiger partial charge in [-0.05, 0) is 17.7 Å². The molecule has 1 unspecified atom stereocenters. The number of halogens is 1.